The molecule has 1 unspecified atom stereocenters. The highest BCUT2D eigenvalue weighted by atomic mass is 32.1. The number of hydrogen-bond donors (Lipinski definition) is 1. The maximum atomic E-state index is 12.8. The van der Waals surface area contributed by atoms with E-state index in [4.69, 9.17) is 4.74 Å². The summed E-state index contributed by atoms with van der Waals surface area (Å²) in [5.41, 5.74) is 3.57. The fraction of sp³-hybridized carbons (Fsp3) is 0.500. The van der Waals surface area contributed by atoms with E-state index in [0.717, 1.165) is 36.8 Å². The van der Waals surface area contributed by atoms with Gasteiger partial charge in [-0.15, -0.1) is 11.3 Å². The van der Waals surface area contributed by atoms with Crippen LogP contribution in [0.15, 0.2) is 24.3 Å². The molecule has 3 rings (SSSR count). The number of carbonyl (C=O) groups is 2. The molecule has 0 saturated carbocycles. The summed E-state index contributed by atoms with van der Waals surface area (Å²) in [5, 5.41) is 3.61. The Labute approximate surface area is 177 Å². The third-order valence-electron chi connectivity index (χ3n) is 6.30. The Kier molecular flexibility index (Phi) is 6.47. The van der Waals surface area contributed by atoms with E-state index in [1.807, 2.05) is 31.2 Å². The van der Waals surface area contributed by atoms with Crippen LogP contribution in [0, 0.1) is 18.3 Å². The van der Waals surface area contributed by atoms with E-state index in [0.29, 0.717) is 28.7 Å². The molecule has 1 amide bonds. The van der Waals surface area contributed by atoms with Crippen molar-refractivity contribution in [2.75, 3.05) is 11.9 Å². The molecule has 1 aliphatic rings. The van der Waals surface area contributed by atoms with E-state index in [1.54, 1.807) is 6.92 Å². The topological polar surface area (TPSA) is 55.4 Å². The average Bonchev–Trinajstić information content (AvgIpc) is 3.05. The van der Waals surface area contributed by atoms with Crippen LogP contribution in [-0.4, -0.2) is 18.5 Å². The van der Waals surface area contributed by atoms with Crippen molar-refractivity contribution >= 4 is 28.2 Å². The van der Waals surface area contributed by atoms with Crippen molar-refractivity contribution in [3.05, 3.63) is 51.4 Å². The number of anilines is 1. The third kappa shape index (κ3) is 4.55. The summed E-state index contributed by atoms with van der Waals surface area (Å²) >= 11 is 1.54. The second-order valence-corrected chi connectivity index (χ2v) is 9.64. The van der Waals surface area contributed by atoms with Crippen LogP contribution in [0.1, 0.15) is 77.3 Å². The van der Waals surface area contributed by atoms with E-state index >= 15 is 0 Å². The fourth-order valence-electron chi connectivity index (χ4n) is 3.93. The molecule has 156 valence electrons. The highest BCUT2D eigenvalue weighted by molar-refractivity contribution is 7.17. The SMILES string of the molecule is CCOC(=O)c1c(NC(=O)c2ccc(C)cc2)sc2c1CCC(C(C)(C)CC)C2. The number of aryl methyl sites for hydroxylation is 1. The second kappa shape index (κ2) is 8.70. The van der Waals surface area contributed by atoms with Gasteiger partial charge in [-0.25, -0.2) is 4.79 Å². The van der Waals surface area contributed by atoms with Crippen molar-refractivity contribution in [1.29, 1.82) is 0 Å². The first-order chi connectivity index (χ1) is 13.8. The maximum Gasteiger partial charge on any atom is 0.341 e. The van der Waals surface area contributed by atoms with Gasteiger partial charge in [0.25, 0.3) is 5.91 Å². The van der Waals surface area contributed by atoms with Crippen molar-refractivity contribution in [3.8, 4) is 0 Å². The van der Waals surface area contributed by atoms with Gasteiger partial charge in [0.1, 0.15) is 5.00 Å². The van der Waals surface area contributed by atoms with Gasteiger partial charge in [-0.05, 0) is 62.1 Å². The predicted octanol–water partition coefficient (Wildman–Crippen LogP) is 6.03. The molecule has 2 aromatic rings. The molecule has 0 fully saturated rings. The predicted molar refractivity (Wildman–Crippen MR) is 119 cm³/mol. The van der Waals surface area contributed by atoms with Crippen molar-refractivity contribution < 1.29 is 14.3 Å². The van der Waals surface area contributed by atoms with Gasteiger partial charge in [-0.1, -0.05) is 44.9 Å². The van der Waals surface area contributed by atoms with Gasteiger partial charge in [0.05, 0.1) is 12.2 Å². The lowest BCUT2D eigenvalue weighted by Crippen LogP contribution is -2.28. The first kappa shape index (κ1) is 21.6. The molecule has 1 heterocycles. The highest BCUT2D eigenvalue weighted by Crippen LogP contribution is 2.45. The smallest absolute Gasteiger partial charge is 0.341 e. The standard InChI is InChI=1S/C24H31NO3S/c1-6-24(4,5)17-12-13-18-19(14-17)29-22(20(18)23(27)28-7-2)25-21(26)16-10-8-15(3)9-11-16/h8-11,17H,6-7,12-14H2,1-5H3,(H,25,26). The molecule has 0 saturated heterocycles. The Bertz CT molecular complexity index is 896. The molecule has 4 nitrogen and oxygen atoms in total. The van der Waals surface area contributed by atoms with Crippen LogP contribution in [0.25, 0.3) is 0 Å². The van der Waals surface area contributed by atoms with E-state index in [1.165, 1.54) is 16.2 Å². The monoisotopic (exact) mass is 413 g/mol. The minimum absolute atomic E-state index is 0.195. The summed E-state index contributed by atoms with van der Waals surface area (Å²) < 4.78 is 5.33. The summed E-state index contributed by atoms with van der Waals surface area (Å²) in [6.45, 7) is 11.0. The number of ether oxygens (including phenoxy) is 1. The van der Waals surface area contributed by atoms with Crippen LogP contribution in [0.2, 0.25) is 0 Å². The van der Waals surface area contributed by atoms with Crippen LogP contribution >= 0.6 is 11.3 Å². The van der Waals surface area contributed by atoms with Crippen LogP contribution in [0.4, 0.5) is 5.00 Å². The number of hydrogen-bond acceptors (Lipinski definition) is 4. The zero-order valence-electron chi connectivity index (χ0n) is 18.1. The Balaban J connectivity index is 1.93. The van der Waals surface area contributed by atoms with E-state index in [2.05, 4.69) is 26.1 Å². The largest absolute Gasteiger partial charge is 0.462 e. The summed E-state index contributed by atoms with van der Waals surface area (Å²) in [4.78, 5) is 26.7. The second-order valence-electron chi connectivity index (χ2n) is 8.53. The van der Waals surface area contributed by atoms with Crippen molar-refractivity contribution in [2.45, 2.75) is 60.3 Å². The Morgan fingerprint density at radius 2 is 1.90 bits per heavy atom. The first-order valence-electron chi connectivity index (χ1n) is 10.5. The number of nitrogens with one attached hydrogen (secondary N) is 1. The summed E-state index contributed by atoms with van der Waals surface area (Å²) in [6.07, 6.45) is 3.99. The number of carbonyl (C=O) groups excluding carboxylic acids is 2. The fourth-order valence-corrected chi connectivity index (χ4v) is 5.24. The molecule has 5 heteroatoms. The normalized spacial score (nSPS) is 16.2. The van der Waals surface area contributed by atoms with Crippen LogP contribution in [0.5, 0.6) is 0 Å². The molecule has 1 aromatic carbocycles. The van der Waals surface area contributed by atoms with E-state index in [-0.39, 0.29) is 17.3 Å². The van der Waals surface area contributed by atoms with Crippen molar-refractivity contribution in [2.24, 2.45) is 11.3 Å². The lowest BCUT2D eigenvalue weighted by atomic mass is 9.69. The molecule has 1 N–H and O–H groups in total. The first-order valence-corrected chi connectivity index (χ1v) is 11.3. The highest BCUT2D eigenvalue weighted by Gasteiger charge is 2.35. The van der Waals surface area contributed by atoms with Crippen molar-refractivity contribution in [3.63, 3.8) is 0 Å². The van der Waals surface area contributed by atoms with Crippen LogP contribution in [-0.2, 0) is 17.6 Å². The molecule has 0 aliphatic heterocycles. The van der Waals surface area contributed by atoms with E-state index in [9.17, 15) is 9.59 Å². The number of esters is 1. The Morgan fingerprint density at radius 1 is 1.21 bits per heavy atom. The Morgan fingerprint density at radius 3 is 2.52 bits per heavy atom. The summed E-state index contributed by atoms with van der Waals surface area (Å²) in [7, 11) is 0. The van der Waals surface area contributed by atoms with E-state index < -0.39 is 0 Å². The molecule has 0 spiro atoms. The van der Waals surface area contributed by atoms with Gasteiger partial charge in [0, 0.05) is 10.4 Å². The van der Waals surface area contributed by atoms with Gasteiger partial charge in [-0.3, -0.25) is 4.79 Å². The minimum atomic E-state index is -0.336. The summed E-state index contributed by atoms with van der Waals surface area (Å²) in [5.74, 6) is 0.0475. The van der Waals surface area contributed by atoms with Gasteiger partial charge in [0.2, 0.25) is 0 Å². The molecule has 0 radical (unpaired) electrons. The van der Waals surface area contributed by atoms with Crippen molar-refractivity contribution in [1.82, 2.24) is 0 Å². The van der Waals surface area contributed by atoms with Gasteiger partial charge in [0.15, 0.2) is 0 Å². The quantitative estimate of drug-likeness (QED) is 0.589. The maximum absolute atomic E-state index is 12.8. The molecule has 1 atom stereocenters. The number of fused-ring (bicyclic) bond motifs is 1. The lowest BCUT2D eigenvalue weighted by molar-refractivity contribution is 0.0526. The molecular formula is C24H31NO3S. The lowest BCUT2D eigenvalue weighted by Gasteiger charge is -2.36. The number of thiophene rings is 1. The number of rotatable bonds is 6. The molecule has 29 heavy (non-hydrogen) atoms. The average molecular weight is 414 g/mol. The zero-order chi connectivity index (χ0) is 21.2. The van der Waals surface area contributed by atoms with Gasteiger partial charge >= 0.3 is 5.97 Å². The van der Waals surface area contributed by atoms with Crippen LogP contribution < -0.4 is 5.32 Å². The van der Waals surface area contributed by atoms with Crippen LogP contribution in [0.3, 0.4) is 0 Å². The number of amides is 1. The Hall–Kier alpha value is -2.14. The third-order valence-corrected chi connectivity index (χ3v) is 7.47. The van der Waals surface area contributed by atoms with Gasteiger partial charge in [-0.2, -0.15) is 0 Å². The minimum Gasteiger partial charge on any atom is -0.462 e. The molecule has 0 bridgehead atoms. The molecular weight excluding hydrogens is 382 g/mol. The van der Waals surface area contributed by atoms with Gasteiger partial charge < -0.3 is 10.1 Å². The molecule has 1 aromatic heterocycles. The number of benzene rings is 1. The molecule has 1 aliphatic carbocycles. The summed E-state index contributed by atoms with van der Waals surface area (Å²) in [6, 6.07) is 7.44. The zero-order valence-corrected chi connectivity index (χ0v) is 18.9.